The Hall–Kier alpha value is -2.14. The molecule has 0 atom stereocenters. The van der Waals surface area contributed by atoms with Gasteiger partial charge in [-0.05, 0) is 17.7 Å². The van der Waals surface area contributed by atoms with Crippen LogP contribution in [0.15, 0.2) is 36.9 Å². The Labute approximate surface area is 97.7 Å². The van der Waals surface area contributed by atoms with Gasteiger partial charge in [-0.1, -0.05) is 0 Å². The normalized spacial score (nSPS) is 11.1. The van der Waals surface area contributed by atoms with Gasteiger partial charge in [-0.15, -0.1) is 0 Å². The summed E-state index contributed by atoms with van der Waals surface area (Å²) < 4.78 is 1.73. The molecule has 3 heterocycles. The van der Waals surface area contributed by atoms with Crippen LogP contribution in [0.2, 0.25) is 0 Å². The Bertz CT molecular complexity index is 641. The Kier molecular flexibility index (Phi) is 2.38. The molecule has 2 N–H and O–H groups in total. The van der Waals surface area contributed by atoms with Crippen LogP contribution in [0.3, 0.4) is 0 Å². The molecule has 0 amide bonds. The molecule has 0 aliphatic carbocycles. The summed E-state index contributed by atoms with van der Waals surface area (Å²) in [6, 6.07) is 3.97. The summed E-state index contributed by atoms with van der Waals surface area (Å²) in [4.78, 5) is 7.33. The molecule has 0 aliphatic rings. The molecule has 17 heavy (non-hydrogen) atoms. The first kappa shape index (κ1) is 10.0. The number of rotatable bonds is 3. The van der Waals surface area contributed by atoms with Gasteiger partial charge in [-0.25, -0.2) is 4.98 Å². The van der Waals surface area contributed by atoms with Crippen molar-refractivity contribution < 1.29 is 5.11 Å². The van der Waals surface area contributed by atoms with Crippen molar-refractivity contribution in [2.24, 2.45) is 0 Å². The van der Waals surface area contributed by atoms with Gasteiger partial charge in [0, 0.05) is 29.5 Å². The molecule has 3 rings (SSSR count). The first-order valence-corrected chi connectivity index (χ1v) is 5.44. The average Bonchev–Trinajstić information content (AvgIpc) is 2.96. The highest BCUT2D eigenvalue weighted by Gasteiger charge is 2.07. The molecule has 0 aromatic carbocycles. The van der Waals surface area contributed by atoms with E-state index in [1.807, 2.05) is 24.5 Å². The molecule has 0 spiro atoms. The lowest BCUT2D eigenvalue weighted by molar-refractivity contribution is 0.269. The number of hydrogen-bond acceptors (Lipinski definition) is 3. The summed E-state index contributed by atoms with van der Waals surface area (Å²) in [5, 5.41) is 14.1. The van der Waals surface area contributed by atoms with E-state index in [1.54, 1.807) is 17.1 Å². The van der Waals surface area contributed by atoms with Crippen molar-refractivity contribution >= 4 is 11.0 Å². The Morgan fingerprint density at radius 2 is 2.29 bits per heavy atom. The number of pyridine rings is 1. The van der Waals surface area contributed by atoms with Crippen LogP contribution < -0.4 is 0 Å². The highest BCUT2D eigenvalue weighted by molar-refractivity contribution is 5.92. The second-order valence-corrected chi connectivity index (χ2v) is 3.81. The first-order valence-electron chi connectivity index (χ1n) is 5.44. The number of aromatic amines is 1. The molecule has 3 aromatic rings. The zero-order valence-corrected chi connectivity index (χ0v) is 9.17. The fraction of sp³-hybridized carbons (Fsp3) is 0.167. The molecular weight excluding hydrogens is 216 g/mol. The molecule has 0 saturated carbocycles. The van der Waals surface area contributed by atoms with Gasteiger partial charge in [0.2, 0.25) is 0 Å². The molecule has 5 nitrogen and oxygen atoms in total. The van der Waals surface area contributed by atoms with E-state index in [9.17, 15) is 0 Å². The van der Waals surface area contributed by atoms with Crippen molar-refractivity contribution in [3.8, 4) is 11.1 Å². The summed E-state index contributed by atoms with van der Waals surface area (Å²) in [6.45, 7) is 0.610. The third-order valence-corrected chi connectivity index (χ3v) is 2.73. The van der Waals surface area contributed by atoms with Gasteiger partial charge in [0.05, 0.1) is 19.3 Å². The van der Waals surface area contributed by atoms with E-state index in [-0.39, 0.29) is 6.61 Å². The quantitative estimate of drug-likeness (QED) is 0.712. The molecular formula is C12H12N4O. The second-order valence-electron chi connectivity index (χ2n) is 3.81. The molecule has 0 saturated heterocycles. The van der Waals surface area contributed by atoms with Gasteiger partial charge in [-0.3, -0.25) is 4.68 Å². The van der Waals surface area contributed by atoms with Crippen LogP contribution in [0.4, 0.5) is 0 Å². The number of nitrogens with zero attached hydrogens (tertiary/aromatic N) is 3. The standard InChI is InChI=1S/C12H12N4O/c17-6-5-16-8-9(7-15-16)10-1-3-13-12-11(10)2-4-14-12/h1-4,7-8,17H,5-6H2,(H,13,14). The third-order valence-electron chi connectivity index (χ3n) is 2.73. The summed E-state index contributed by atoms with van der Waals surface area (Å²) in [5.74, 6) is 0. The predicted molar refractivity (Wildman–Crippen MR) is 64.4 cm³/mol. The highest BCUT2D eigenvalue weighted by Crippen LogP contribution is 2.26. The minimum atomic E-state index is 0.0943. The second kappa shape index (κ2) is 4.03. The van der Waals surface area contributed by atoms with Crippen molar-refractivity contribution in [1.29, 1.82) is 0 Å². The summed E-state index contributed by atoms with van der Waals surface area (Å²) in [5.41, 5.74) is 3.00. The average molecular weight is 228 g/mol. The molecule has 3 aromatic heterocycles. The lowest BCUT2D eigenvalue weighted by Gasteiger charge is -1.99. The fourth-order valence-corrected chi connectivity index (χ4v) is 1.94. The van der Waals surface area contributed by atoms with Gasteiger partial charge in [-0.2, -0.15) is 5.10 Å². The summed E-state index contributed by atoms with van der Waals surface area (Å²) in [7, 11) is 0. The van der Waals surface area contributed by atoms with Gasteiger partial charge in [0.15, 0.2) is 0 Å². The van der Waals surface area contributed by atoms with Crippen molar-refractivity contribution in [1.82, 2.24) is 19.7 Å². The van der Waals surface area contributed by atoms with Crippen LogP contribution in [0.1, 0.15) is 0 Å². The molecule has 86 valence electrons. The zero-order valence-electron chi connectivity index (χ0n) is 9.17. The molecule has 0 fully saturated rings. The van der Waals surface area contributed by atoms with E-state index in [4.69, 9.17) is 5.11 Å². The maximum absolute atomic E-state index is 8.86. The van der Waals surface area contributed by atoms with Gasteiger partial charge < -0.3 is 10.1 Å². The molecule has 0 unspecified atom stereocenters. The van der Waals surface area contributed by atoms with Gasteiger partial charge >= 0.3 is 0 Å². The monoisotopic (exact) mass is 228 g/mol. The number of nitrogens with one attached hydrogen (secondary N) is 1. The minimum absolute atomic E-state index is 0.0943. The van der Waals surface area contributed by atoms with E-state index in [0.29, 0.717) is 6.54 Å². The van der Waals surface area contributed by atoms with Crippen molar-refractivity contribution in [2.75, 3.05) is 6.61 Å². The summed E-state index contributed by atoms with van der Waals surface area (Å²) in [6.07, 6.45) is 7.38. The van der Waals surface area contributed by atoms with Gasteiger partial charge in [0.1, 0.15) is 5.65 Å². The number of H-pyrrole nitrogens is 1. The Balaban J connectivity index is 2.10. The first-order chi connectivity index (χ1) is 8.38. The number of aliphatic hydroxyl groups excluding tert-OH is 1. The predicted octanol–water partition coefficient (Wildman–Crippen LogP) is 1.42. The maximum atomic E-state index is 8.86. The van der Waals surface area contributed by atoms with Crippen molar-refractivity contribution in [2.45, 2.75) is 6.54 Å². The number of fused-ring (bicyclic) bond motifs is 1. The van der Waals surface area contributed by atoms with Gasteiger partial charge in [0.25, 0.3) is 0 Å². The molecule has 0 aliphatic heterocycles. The Morgan fingerprint density at radius 1 is 1.35 bits per heavy atom. The molecule has 0 bridgehead atoms. The summed E-state index contributed by atoms with van der Waals surface area (Å²) >= 11 is 0. The fourth-order valence-electron chi connectivity index (χ4n) is 1.94. The van der Waals surface area contributed by atoms with E-state index in [1.165, 1.54) is 0 Å². The maximum Gasteiger partial charge on any atom is 0.137 e. The van der Waals surface area contributed by atoms with Crippen LogP contribution in [0, 0.1) is 0 Å². The zero-order chi connectivity index (χ0) is 11.7. The van der Waals surface area contributed by atoms with Crippen molar-refractivity contribution in [3.05, 3.63) is 36.9 Å². The van der Waals surface area contributed by atoms with Crippen LogP contribution in [0.5, 0.6) is 0 Å². The number of aromatic nitrogens is 4. The van der Waals surface area contributed by atoms with Crippen LogP contribution in [-0.4, -0.2) is 31.5 Å². The minimum Gasteiger partial charge on any atom is -0.394 e. The van der Waals surface area contributed by atoms with E-state index in [0.717, 1.165) is 22.2 Å². The number of hydrogen-bond donors (Lipinski definition) is 2. The van der Waals surface area contributed by atoms with Crippen LogP contribution in [-0.2, 0) is 6.54 Å². The molecule has 5 heteroatoms. The highest BCUT2D eigenvalue weighted by atomic mass is 16.3. The smallest absolute Gasteiger partial charge is 0.137 e. The Morgan fingerprint density at radius 3 is 3.18 bits per heavy atom. The van der Waals surface area contributed by atoms with E-state index < -0.39 is 0 Å². The number of aliphatic hydroxyl groups is 1. The lowest BCUT2D eigenvalue weighted by Crippen LogP contribution is -2.01. The largest absolute Gasteiger partial charge is 0.394 e. The van der Waals surface area contributed by atoms with Crippen LogP contribution in [0.25, 0.3) is 22.2 Å². The third kappa shape index (κ3) is 1.70. The lowest BCUT2D eigenvalue weighted by atomic mass is 10.1. The van der Waals surface area contributed by atoms with E-state index in [2.05, 4.69) is 15.1 Å². The SMILES string of the molecule is OCCn1cc(-c2ccnc3[nH]ccc23)cn1. The molecule has 0 radical (unpaired) electrons. The topological polar surface area (TPSA) is 66.7 Å². The van der Waals surface area contributed by atoms with Crippen molar-refractivity contribution in [3.63, 3.8) is 0 Å². The van der Waals surface area contributed by atoms with E-state index >= 15 is 0 Å². The van der Waals surface area contributed by atoms with Crippen LogP contribution >= 0.6 is 0 Å².